The molecule has 1 aliphatic rings. The molecule has 2 rings (SSSR count). The number of carbonyl (C=O) groups excluding carboxylic acids is 1. The lowest BCUT2D eigenvalue weighted by Crippen LogP contribution is -2.47. The second-order valence-corrected chi connectivity index (χ2v) is 4.44. The molecule has 0 spiro atoms. The summed E-state index contributed by atoms with van der Waals surface area (Å²) < 4.78 is 5.06. The summed E-state index contributed by atoms with van der Waals surface area (Å²) in [5.74, 6) is -1.66. The lowest BCUT2D eigenvalue weighted by Gasteiger charge is -2.16. The zero-order valence-corrected chi connectivity index (χ0v) is 10.5. The van der Waals surface area contributed by atoms with Crippen molar-refractivity contribution in [3.05, 3.63) is 17.5 Å². The molecule has 0 aromatic carbocycles. The molecule has 0 bridgehead atoms. The molecule has 1 aromatic heterocycles. The van der Waals surface area contributed by atoms with E-state index in [2.05, 4.69) is 20.8 Å². The molecule has 0 aliphatic carbocycles. The minimum absolute atomic E-state index is 0.126. The average Bonchev–Trinajstić information content (AvgIpc) is 2.95. The van der Waals surface area contributed by atoms with Gasteiger partial charge in [-0.2, -0.15) is 5.10 Å². The summed E-state index contributed by atoms with van der Waals surface area (Å²) in [6.45, 7) is 2.53. The van der Waals surface area contributed by atoms with Crippen LogP contribution in [0.15, 0.2) is 6.20 Å². The number of aromatic nitrogens is 2. The first-order valence-corrected chi connectivity index (χ1v) is 5.91. The first-order valence-electron chi connectivity index (χ1n) is 5.91. The quantitative estimate of drug-likeness (QED) is 0.594. The number of nitrogens with zero attached hydrogens (tertiary/aromatic N) is 1. The molecule has 1 aliphatic heterocycles. The SMILES string of the molecule is Cc1[nH]ncc1CNC(=O)NC1COCC1C(=O)O. The number of hydrogen-bond acceptors (Lipinski definition) is 4. The summed E-state index contributed by atoms with van der Waals surface area (Å²) in [5, 5.41) is 20.8. The summed E-state index contributed by atoms with van der Waals surface area (Å²) >= 11 is 0. The maximum Gasteiger partial charge on any atom is 0.315 e. The number of hydrogen-bond donors (Lipinski definition) is 4. The largest absolute Gasteiger partial charge is 0.481 e. The fraction of sp³-hybridized carbons (Fsp3) is 0.545. The zero-order chi connectivity index (χ0) is 13.8. The van der Waals surface area contributed by atoms with Crippen molar-refractivity contribution in [1.82, 2.24) is 20.8 Å². The van der Waals surface area contributed by atoms with E-state index in [0.29, 0.717) is 6.54 Å². The van der Waals surface area contributed by atoms with Gasteiger partial charge in [0.15, 0.2) is 0 Å². The predicted octanol–water partition coefficient (Wildman–Crippen LogP) is -0.383. The van der Waals surface area contributed by atoms with Crippen molar-refractivity contribution in [3.63, 3.8) is 0 Å². The van der Waals surface area contributed by atoms with Crippen molar-refractivity contribution >= 4 is 12.0 Å². The van der Waals surface area contributed by atoms with Crippen LogP contribution in [0, 0.1) is 12.8 Å². The molecule has 2 heterocycles. The molecule has 4 N–H and O–H groups in total. The van der Waals surface area contributed by atoms with E-state index in [1.165, 1.54) is 0 Å². The van der Waals surface area contributed by atoms with E-state index in [1.54, 1.807) is 6.20 Å². The van der Waals surface area contributed by atoms with Crippen molar-refractivity contribution in [2.45, 2.75) is 19.5 Å². The topological polar surface area (TPSA) is 116 Å². The molecule has 2 amide bonds. The fourth-order valence-electron chi connectivity index (χ4n) is 1.89. The normalized spacial score (nSPS) is 22.2. The van der Waals surface area contributed by atoms with Crippen LogP contribution in [0.1, 0.15) is 11.3 Å². The fourth-order valence-corrected chi connectivity index (χ4v) is 1.89. The standard InChI is InChI=1S/C11H16N4O4/c1-6-7(3-13-15-6)2-12-11(18)14-9-5-19-4-8(9)10(16)17/h3,8-9H,2,4-5H2,1H3,(H,13,15)(H,16,17)(H2,12,14,18). The van der Waals surface area contributed by atoms with E-state index in [0.717, 1.165) is 11.3 Å². The van der Waals surface area contributed by atoms with Crippen molar-refractivity contribution in [1.29, 1.82) is 0 Å². The number of nitrogens with one attached hydrogen (secondary N) is 3. The Hall–Kier alpha value is -2.09. The number of aromatic amines is 1. The lowest BCUT2D eigenvalue weighted by molar-refractivity contribution is -0.142. The number of aliphatic carboxylic acids is 1. The molecule has 1 fully saturated rings. The van der Waals surface area contributed by atoms with Gasteiger partial charge in [0, 0.05) is 17.8 Å². The van der Waals surface area contributed by atoms with Gasteiger partial charge in [-0.25, -0.2) is 4.79 Å². The number of ether oxygens (including phenoxy) is 1. The van der Waals surface area contributed by atoms with Gasteiger partial charge in [-0.05, 0) is 6.92 Å². The lowest BCUT2D eigenvalue weighted by atomic mass is 10.0. The molecular weight excluding hydrogens is 252 g/mol. The minimum Gasteiger partial charge on any atom is -0.481 e. The third kappa shape index (κ3) is 3.22. The number of amides is 2. The number of carboxylic acid groups (broad SMARTS) is 1. The molecule has 2 atom stereocenters. The van der Waals surface area contributed by atoms with Gasteiger partial charge in [0.2, 0.25) is 0 Å². The Morgan fingerprint density at radius 2 is 2.37 bits per heavy atom. The minimum atomic E-state index is -0.964. The van der Waals surface area contributed by atoms with Crippen LogP contribution in [0.25, 0.3) is 0 Å². The Morgan fingerprint density at radius 1 is 1.58 bits per heavy atom. The Kier molecular flexibility index (Phi) is 4.00. The van der Waals surface area contributed by atoms with E-state index in [1.807, 2.05) is 6.92 Å². The Morgan fingerprint density at radius 3 is 3.00 bits per heavy atom. The van der Waals surface area contributed by atoms with E-state index < -0.39 is 24.0 Å². The average molecular weight is 268 g/mol. The summed E-state index contributed by atoms with van der Waals surface area (Å²) in [7, 11) is 0. The Bertz CT molecular complexity index is 473. The highest BCUT2D eigenvalue weighted by Crippen LogP contribution is 2.13. The van der Waals surface area contributed by atoms with Crippen LogP contribution in [0.3, 0.4) is 0 Å². The van der Waals surface area contributed by atoms with Gasteiger partial charge in [0.1, 0.15) is 5.92 Å². The Balaban J connectivity index is 1.81. The van der Waals surface area contributed by atoms with Crippen molar-refractivity contribution < 1.29 is 19.4 Å². The molecule has 19 heavy (non-hydrogen) atoms. The Labute approximate surface area is 109 Å². The number of carboxylic acids is 1. The molecule has 104 valence electrons. The molecule has 8 nitrogen and oxygen atoms in total. The van der Waals surface area contributed by atoms with Crippen LogP contribution in [-0.2, 0) is 16.1 Å². The summed E-state index contributed by atoms with van der Waals surface area (Å²) in [6.07, 6.45) is 1.63. The van der Waals surface area contributed by atoms with Crippen molar-refractivity contribution in [2.75, 3.05) is 13.2 Å². The molecule has 1 saturated heterocycles. The summed E-state index contributed by atoms with van der Waals surface area (Å²) in [4.78, 5) is 22.6. The molecular formula is C11H16N4O4. The maximum absolute atomic E-state index is 11.7. The van der Waals surface area contributed by atoms with Crippen molar-refractivity contribution in [3.8, 4) is 0 Å². The highest BCUT2D eigenvalue weighted by atomic mass is 16.5. The third-order valence-corrected chi connectivity index (χ3v) is 3.09. The van der Waals surface area contributed by atoms with Crippen LogP contribution in [-0.4, -0.2) is 46.6 Å². The van der Waals surface area contributed by atoms with E-state index in [-0.39, 0.29) is 13.2 Å². The highest BCUT2D eigenvalue weighted by molar-refractivity contribution is 5.77. The van der Waals surface area contributed by atoms with E-state index >= 15 is 0 Å². The predicted molar refractivity (Wildman–Crippen MR) is 64.4 cm³/mol. The monoisotopic (exact) mass is 268 g/mol. The molecule has 1 aromatic rings. The highest BCUT2D eigenvalue weighted by Gasteiger charge is 2.34. The smallest absolute Gasteiger partial charge is 0.315 e. The van der Waals surface area contributed by atoms with Gasteiger partial charge >= 0.3 is 12.0 Å². The number of H-pyrrole nitrogens is 1. The zero-order valence-electron chi connectivity index (χ0n) is 10.5. The van der Waals surface area contributed by atoms with Gasteiger partial charge in [0.05, 0.1) is 25.5 Å². The van der Waals surface area contributed by atoms with Gasteiger partial charge in [-0.1, -0.05) is 0 Å². The number of aryl methyl sites for hydroxylation is 1. The van der Waals surface area contributed by atoms with Crippen LogP contribution in [0.2, 0.25) is 0 Å². The van der Waals surface area contributed by atoms with Gasteiger partial charge in [-0.3, -0.25) is 9.89 Å². The maximum atomic E-state index is 11.7. The van der Waals surface area contributed by atoms with Gasteiger partial charge in [-0.15, -0.1) is 0 Å². The van der Waals surface area contributed by atoms with Crippen LogP contribution >= 0.6 is 0 Å². The summed E-state index contributed by atoms with van der Waals surface area (Å²) in [6, 6.07) is -0.912. The van der Waals surface area contributed by atoms with Crippen LogP contribution in [0.5, 0.6) is 0 Å². The van der Waals surface area contributed by atoms with Gasteiger partial charge in [0.25, 0.3) is 0 Å². The second-order valence-electron chi connectivity index (χ2n) is 4.44. The first kappa shape index (κ1) is 13.3. The molecule has 0 saturated carbocycles. The van der Waals surface area contributed by atoms with Crippen LogP contribution in [0.4, 0.5) is 4.79 Å². The molecule has 2 unspecified atom stereocenters. The third-order valence-electron chi connectivity index (χ3n) is 3.09. The second kappa shape index (κ2) is 5.70. The number of urea groups is 1. The number of rotatable bonds is 4. The number of carbonyl (C=O) groups is 2. The molecule has 0 radical (unpaired) electrons. The molecule has 8 heteroatoms. The van der Waals surface area contributed by atoms with E-state index in [9.17, 15) is 9.59 Å². The van der Waals surface area contributed by atoms with Crippen molar-refractivity contribution in [2.24, 2.45) is 5.92 Å². The van der Waals surface area contributed by atoms with Crippen LogP contribution < -0.4 is 10.6 Å². The summed E-state index contributed by atoms with van der Waals surface area (Å²) in [5.41, 5.74) is 1.76. The van der Waals surface area contributed by atoms with E-state index in [4.69, 9.17) is 9.84 Å². The van der Waals surface area contributed by atoms with Gasteiger partial charge < -0.3 is 20.5 Å². The first-order chi connectivity index (χ1) is 9.08.